The van der Waals surface area contributed by atoms with Crippen LogP contribution in [0.5, 0.6) is 5.75 Å². The number of hydrogen-bond acceptors (Lipinski definition) is 8. The number of rotatable bonds is 7. The van der Waals surface area contributed by atoms with E-state index in [1.54, 1.807) is 48.5 Å². The lowest BCUT2D eigenvalue weighted by Crippen LogP contribution is -2.23. The van der Waals surface area contributed by atoms with Gasteiger partial charge in [-0.2, -0.15) is 9.78 Å². The molecule has 0 amide bonds. The molecule has 0 spiro atoms. The summed E-state index contributed by atoms with van der Waals surface area (Å²) < 4.78 is 12.4. The lowest BCUT2D eigenvalue weighted by Gasteiger charge is -2.12. The molecule has 0 saturated heterocycles. The minimum Gasteiger partial charge on any atom is -0.479 e. The number of nitro groups is 1. The Morgan fingerprint density at radius 1 is 1.26 bits per heavy atom. The van der Waals surface area contributed by atoms with Crippen molar-refractivity contribution in [3.05, 3.63) is 96.2 Å². The van der Waals surface area contributed by atoms with Gasteiger partial charge in [0.2, 0.25) is 11.6 Å². The van der Waals surface area contributed by atoms with Gasteiger partial charge in [-0.3, -0.25) is 14.9 Å². The Bertz CT molecular complexity index is 1880. The zero-order valence-corrected chi connectivity index (χ0v) is 22.2. The van der Waals surface area contributed by atoms with E-state index >= 15 is 0 Å². The highest BCUT2D eigenvalue weighted by Crippen LogP contribution is 2.37. The molecule has 1 N–H and O–H groups in total. The molecule has 2 heterocycles. The van der Waals surface area contributed by atoms with Gasteiger partial charge in [0.1, 0.15) is 5.58 Å². The van der Waals surface area contributed by atoms with Gasteiger partial charge >= 0.3 is 11.7 Å². The standard InChI is InChI=1S/C26H16BrClN4O7/c1-13(26(34)35)38-23-18(27)8-14(9-20(23)32(36)37)12-29-31-24(30-19-5-3-2-4-17(19)25(31)33)22-11-15-10-16(28)6-7-21(15)39-22/h2-13H,1H3,(H,34,35)/t13-/m1/s1. The lowest BCUT2D eigenvalue weighted by atomic mass is 10.2. The zero-order chi connectivity index (χ0) is 27.8. The molecule has 1 atom stereocenters. The summed E-state index contributed by atoms with van der Waals surface area (Å²) in [5.74, 6) is -1.18. The van der Waals surface area contributed by atoms with E-state index in [0.717, 1.165) is 10.7 Å². The Balaban J connectivity index is 1.65. The van der Waals surface area contributed by atoms with Crippen molar-refractivity contribution in [1.29, 1.82) is 0 Å². The van der Waals surface area contributed by atoms with E-state index in [0.29, 0.717) is 26.9 Å². The summed E-state index contributed by atoms with van der Waals surface area (Å²) in [6, 6.07) is 16.1. The molecular weight excluding hydrogens is 596 g/mol. The van der Waals surface area contributed by atoms with Crippen LogP contribution in [0.25, 0.3) is 33.5 Å². The van der Waals surface area contributed by atoms with Crippen LogP contribution in [0.15, 0.2) is 79.4 Å². The lowest BCUT2D eigenvalue weighted by molar-refractivity contribution is -0.386. The molecule has 0 radical (unpaired) electrons. The van der Waals surface area contributed by atoms with Gasteiger partial charge in [-0.1, -0.05) is 23.7 Å². The number of nitro benzene ring substituents is 1. The summed E-state index contributed by atoms with van der Waals surface area (Å²) in [6.07, 6.45) is -0.0914. The minimum absolute atomic E-state index is 0.103. The smallest absolute Gasteiger partial charge is 0.344 e. The van der Waals surface area contributed by atoms with E-state index in [2.05, 4.69) is 26.0 Å². The quantitative estimate of drug-likeness (QED) is 0.136. The maximum Gasteiger partial charge on any atom is 0.344 e. The van der Waals surface area contributed by atoms with Crippen LogP contribution in [0.3, 0.4) is 0 Å². The average molecular weight is 612 g/mol. The number of carbonyl (C=O) groups is 1. The predicted molar refractivity (Wildman–Crippen MR) is 148 cm³/mol. The summed E-state index contributed by atoms with van der Waals surface area (Å²) in [5.41, 5.74) is 0.200. The van der Waals surface area contributed by atoms with Gasteiger partial charge in [0.15, 0.2) is 11.9 Å². The first-order valence-electron chi connectivity index (χ1n) is 11.3. The van der Waals surface area contributed by atoms with E-state index in [1.807, 2.05) is 0 Å². The van der Waals surface area contributed by atoms with Gasteiger partial charge in [-0.25, -0.2) is 9.78 Å². The number of para-hydroxylation sites is 1. The summed E-state index contributed by atoms with van der Waals surface area (Å²) in [4.78, 5) is 40.2. The van der Waals surface area contributed by atoms with Crippen molar-refractivity contribution in [2.24, 2.45) is 5.10 Å². The molecule has 0 fully saturated rings. The van der Waals surface area contributed by atoms with Gasteiger partial charge in [0.05, 0.1) is 26.5 Å². The SMILES string of the molecule is C[C@@H](Oc1c(Br)cc(C=Nn2c(-c3cc4cc(Cl)ccc4o3)nc3ccccc3c2=O)cc1[N+](=O)[O-])C(=O)O. The molecule has 13 heteroatoms. The van der Waals surface area contributed by atoms with E-state index in [1.165, 1.54) is 19.2 Å². The van der Waals surface area contributed by atoms with Crippen molar-refractivity contribution in [2.75, 3.05) is 0 Å². The number of fused-ring (bicyclic) bond motifs is 2. The first kappa shape index (κ1) is 26.1. The fourth-order valence-corrected chi connectivity index (χ4v) is 4.53. The van der Waals surface area contributed by atoms with E-state index < -0.39 is 28.2 Å². The van der Waals surface area contributed by atoms with Crippen LogP contribution in [0, 0.1) is 10.1 Å². The number of furan rings is 1. The average Bonchev–Trinajstić information content (AvgIpc) is 3.32. The molecular formula is C26H16BrClN4O7. The number of nitrogens with zero attached hydrogens (tertiary/aromatic N) is 4. The van der Waals surface area contributed by atoms with Gasteiger partial charge in [-0.05, 0) is 65.3 Å². The van der Waals surface area contributed by atoms with Gasteiger partial charge in [0.25, 0.3) is 5.56 Å². The van der Waals surface area contributed by atoms with Crippen LogP contribution >= 0.6 is 27.5 Å². The molecule has 2 aromatic heterocycles. The topological polar surface area (TPSA) is 150 Å². The number of aliphatic carboxylic acids is 1. The number of hydrogen-bond donors (Lipinski definition) is 1. The second-order valence-electron chi connectivity index (χ2n) is 8.31. The van der Waals surface area contributed by atoms with E-state index in [-0.39, 0.29) is 27.4 Å². The first-order chi connectivity index (χ1) is 18.6. The number of ether oxygens (including phenoxy) is 1. The zero-order valence-electron chi connectivity index (χ0n) is 19.9. The highest BCUT2D eigenvalue weighted by atomic mass is 79.9. The summed E-state index contributed by atoms with van der Waals surface area (Å²) in [7, 11) is 0. The van der Waals surface area contributed by atoms with E-state index in [4.69, 9.17) is 25.9 Å². The van der Waals surface area contributed by atoms with Crippen LogP contribution in [0.4, 0.5) is 5.69 Å². The third kappa shape index (κ3) is 5.11. The number of aromatic nitrogens is 2. The molecule has 0 unspecified atom stereocenters. The van der Waals surface area contributed by atoms with Crippen LogP contribution in [-0.2, 0) is 4.79 Å². The van der Waals surface area contributed by atoms with Gasteiger partial charge < -0.3 is 14.3 Å². The van der Waals surface area contributed by atoms with Gasteiger partial charge in [-0.15, -0.1) is 0 Å². The molecule has 0 aliphatic rings. The van der Waals surface area contributed by atoms with Crippen molar-refractivity contribution >= 4 is 67.3 Å². The predicted octanol–water partition coefficient (Wildman–Crippen LogP) is 5.87. The third-order valence-corrected chi connectivity index (χ3v) is 6.48. The highest BCUT2D eigenvalue weighted by molar-refractivity contribution is 9.10. The Morgan fingerprint density at radius 3 is 2.77 bits per heavy atom. The molecule has 5 aromatic rings. The van der Waals surface area contributed by atoms with Crippen LogP contribution in [-0.4, -0.2) is 38.0 Å². The van der Waals surface area contributed by atoms with E-state index in [9.17, 15) is 19.7 Å². The molecule has 0 saturated carbocycles. The van der Waals surface area contributed by atoms with Crippen molar-refractivity contribution < 1.29 is 24.0 Å². The second-order valence-corrected chi connectivity index (χ2v) is 9.60. The van der Waals surface area contributed by atoms with Crippen LogP contribution in [0.1, 0.15) is 12.5 Å². The van der Waals surface area contributed by atoms with Crippen molar-refractivity contribution in [3.63, 3.8) is 0 Å². The number of carboxylic acid groups (broad SMARTS) is 1. The summed E-state index contributed by atoms with van der Waals surface area (Å²) in [6.45, 7) is 1.25. The molecule has 5 rings (SSSR count). The first-order valence-corrected chi connectivity index (χ1v) is 12.4. The molecule has 11 nitrogen and oxygen atoms in total. The molecule has 196 valence electrons. The van der Waals surface area contributed by atoms with Crippen LogP contribution in [0.2, 0.25) is 5.02 Å². The molecule has 3 aromatic carbocycles. The molecule has 39 heavy (non-hydrogen) atoms. The minimum atomic E-state index is -1.33. The number of carboxylic acids is 1. The third-order valence-electron chi connectivity index (χ3n) is 5.66. The van der Waals surface area contributed by atoms with Gasteiger partial charge in [0, 0.05) is 22.0 Å². The van der Waals surface area contributed by atoms with Crippen molar-refractivity contribution in [1.82, 2.24) is 9.66 Å². The fourth-order valence-electron chi connectivity index (χ4n) is 3.79. The second kappa shape index (κ2) is 10.3. The largest absolute Gasteiger partial charge is 0.479 e. The number of benzene rings is 3. The Labute approximate surface area is 232 Å². The maximum atomic E-state index is 13.4. The van der Waals surface area contributed by atoms with Crippen LogP contribution < -0.4 is 10.3 Å². The maximum absolute atomic E-state index is 13.4. The molecule has 0 aliphatic carbocycles. The van der Waals surface area contributed by atoms with Crippen molar-refractivity contribution in [2.45, 2.75) is 13.0 Å². The molecule has 0 bridgehead atoms. The Morgan fingerprint density at radius 2 is 2.03 bits per heavy atom. The Hall–Kier alpha value is -4.55. The number of halogens is 2. The summed E-state index contributed by atoms with van der Waals surface area (Å²) in [5, 5.41) is 26.7. The normalized spacial score (nSPS) is 12.3. The summed E-state index contributed by atoms with van der Waals surface area (Å²) >= 11 is 9.31. The molecule has 0 aliphatic heterocycles. The fraction of sp³-hybridized carbons (Fsp3) is 0.0769. The van der Waals surface area contributed by atoms with Crippen molar-refractivity contribution in [3.8, 4) is 17.3 Å². The monoisotopic (exact) mass is 610 g/mol. The highest BCUT2D eigenvalue weighted by Gasteiger charge is 2.24. The Kier molecular flexibility index (Phi) is 6.89.